The zero-order valence-corrected chi connectivity index (χ0v) is 17.5. The van der Waals surface area contributed by atoms with E-state index in [9.17, 15) is 5.11 Å². The van der Waals surface area contributed by atoms with Gasteiger partial charge < -0.3 is 9.67 Å². The summed E-state index contributed by atoms with van der Waals surface area (Å²) < 4.78 is 2.10. The first-order chi connectivity index (χ1) is 15.8. The maximum absolute atomic E-state index is 11.0. The monoisotopic (exact) mass is 417 g/mol. The average molecular weight is 418 g/mol. The van der Waals surface area contributed by atoms with Crippen LogP contribution in [0.4, 0.5) is 0 Å². The summed E-state index contributed by atoms with van der Waals surface area (Å²) in [4.78, 5) is 8.68. The average Bonchev–Trinajstić information content (AvgIpc) is 3.37. The van der Waals surface area contributed by atoms with Crippen LogP contribution in [-0.2, 0) is 5.54 Å². The van der Waals surface area contributed by atoms with Crippen molar-refractivity contribution >= 4 is 0 Å². The number of aliphatic hydroxyl groups is 1. The second-order valence-corrected chi connectivity index (χ2v) is 7.70. The molecule has 5 aromatic rings. The smallest absolute Gasteiger partial charge is 0.123 e. The summed E-state index contributed by atoms with van der Waals surface area (Å²) in [6, 6.07) is 34.8. The van der Waals surface area contributed by atoms with E-state index in [4.69, 9.17) is 0 Å². The van der Waals surface area contributed by atoms with Crippen LogP contribution in [0.2, 0.25) is 0 Å². The molecule has 5 rings (SSSR count). The van der Waals surface area contributed by atoms with Gasteiger partial charge in [0.25, 0.3) is 0 Å². The van der Waals surface area contributed by atoms with E-state index < -0.39 is 11.6 Å². The third-order valence-electron chi connectivity index (χ3n) is 5.87. The van der Waals surface area contributed by atoms with Gasteiger partial charge in [-0.1, -0.05) is 91.0 Å². The van der Waals surface area contributed by atoms with Gasteiger partial charge in [-0.2, -0.15) is 0 Å². The van der Waals surface area contributed by atoms with Crippen molar-refractivity contribution in [2.45, 2.75) is 11.6 Å². The Kier molecular flexibility index (Phi) is 5.36. The Morgan fingerprint density at radius 1 is 0.656 bits per heavy atom. The standard InChI is InChI=1S/C28H23N3O/c32-27(22-16-18-29-19-17-22)26-20-31(21-30-26)28(23-10-4-1-5-11-23,24-12-6-2-7-13-24)25-14-8-3-9-15-25/h1-21,27,32H/t27-/m1/s1. The highest BCUT2D eigenvalue weighted by atomic mass is 16.3. The van der Waals surface area contributed by atoms with Gasteiger partial charge in [-0.15, -0.1) is 0 Å². The van der Waals surface area contributed by atoms with Crippen molar-refractivity contribution in [1.29, 1.82) is 0 Å². The number of benzene rings is 3. The van der Waals surface area contributed by atoms with Crippen LogP contribution in [0.15, 0.2) is 128 Å². The van der Waals surface area contributed by atoms with Crippen molar-refractivity contribution in [2.75, 3.05) is 0 Å². The normalized spacial score (nSPS) is 12.4. The molecule has 0 saturated heterocycles. The van der Waals surface area contributed by atoms with E-state index in [2.05, 4.69) is 87.3 Å². The molecule has 1 N–H and O–H groups in total. The summed E-state index contributed by atoms with van der Waals surface area (Å²) >= 11 is 0. The molecule has 0 aliphatic carbocycles. The van der Waals surface area contributed by atoms with Crippen molar-refractivity contribution in [3.8, 4) is 0 Å². The van der Waals surface area contributed by atoms with Crippen LogP contribution in [-0.4, -0.2) is 19.6 Å². The first-order valence-corrected chi connectivity index (χ1v) is 10.6. The lowest BCUT2D eigenvalue weighted by atomic mass is 9.77. The molecule has 0 amide bonds. The van der Waals surface area contributed by atoms with Crippen molar-refractivity contribution in [3.05, 3.63) is 156 Å². The SMILES string of the molecule is O[C@H](c1ccncc1)c1cn(C(c2ccccc2)(c2ccccc2)c2ccccc2)cn1. The van der Waals surface area contributed by atoms with Crippen LogP contribution in [0.5, 0.6) is 0 Å². The van der Waals surface area contributed by atoms with Crippen molar-refractivity contribution < 1.29 is 5.11 Å². The fourth-order valence-corrected chi connectivity index (χ4v) is 4.36. The van der Waals surface area contributed by atoms with Crippen LogP contribution >= 0.6 is 0 Å². The Morgan fingerprint density at radius 2 is 1.12 bits per heavy atom. The Labute approximate surface area is 187 Å². The van der Waals surface area contributed by atoms with Crippen LogP contribution < -0.4 is 0 Å². The Bertz CT molecular complexity index is 1170. The van der Waals surface area contributed by atoms with E-state index in [0.29, 0.717) is 5.69 Å². The topological polar surface area (TPSA) is 50.9 Å². The Morgan fingerprint density at radius 3 is 1.59 bits per heavy atom. The zero-order valence-electron chi connectivity index (χ0n) is 17.5. The molecule has 0 aliphatic rings. The van der Waals surface area contributed by atoms with Crippen LogP contribution in [0.1, 0.15) is 34.1 Å². The number of hydrogen-bond donors (Lipinski definition) is 1. The predicted octanol–water partition coefficient (Wildman–Crippen LogP) is 5.20. The van der Waals surface area contributed by atoms with Gasteiger partial charge in [-0.3, -0.25) is 4.98 Å². The Hall–Kier alpha value is -4.02. The molecule has 0 aliphatic heterocycles. The number of imidazole rings is 1. The lowest BCUT2D eigenvalue weighted by Crippen LogP contribution is -2.37. The highest BCUT2D eigenvalue weighted by Crippen LogP contribution is 2.41. The highest BCUT2D eigenvalue weighted by Gasteiger charge is 2.38. The molecule has 0 bridgehead atoms. The van der Waals surface area contributed by atoms with Crippen molar-refractivity contribution in [3.63, 3.8) is 0 Å². The molecule has 0 spiro atoms. The minimum atomic E-state index is -0.834. The van der Waals surface area contributed by atoms with Gasteiger partial charge in [0.1, 0.15) is 11.6 Å². The number of aromatic nitrogens is 3. The second-order valence-electron chi connectivity index (χ2n) is 7.70. The summed E-state index contributed by atoms with van der Waals surface area (Å²) in [7, 11) is 0. The van der Waals surface area contributed by atoms with E-state index in [1.54, 1.807) is 12.4 Å². The third kappa shape index (κ3) is 3.41. The molecule has 0 fully saturated rings. The summed E-state index contributed by atoms with van der Waals surface area (Å²) in [5, 5.41) is 11.0. The van der Waals surface area contributed by atoms with Crippen molar-refractivity contribution in [2.24, 2.45) is 0 Å². The number of rotatable bonds is 6. The lowest BCUT2D eigenvalue weighted by molar-refractivity contribution is 0.215. The molecule has 32 heavy (non-hydrogen) atoms. The van der Waals surface area contributed by atoms with Gasteiger partial charge in [0.15, 0.2) is 0 Å². The molecule has 0 radical (unpaired) electrons. The molecule has 3 aromatic carbocycles. The van der Waals surface area contributed by atoms with Gasteiger partial charge in [0, 0.05) is 18.6 Å². The molecular formula is C28H23N3O. The summed E-state index contributed by atoms with van der Waals surface area (Å²) in [5.41, 5.74) is 4.03. The fourth-order valence-electron chi connectivity index (χ4n) is 4.36. The predicted molar refractivity (Wildman–Crippen MR) is 125 cm³/mol. The first kappa shape index (κ1) is 19.9. The molecule has 2 aromatic heterocycles. The molecule has 0 saturated carbocycles. The molecule has 0 unspecified atom stereocenters. The lowest BCUT2D eigenvalue weighted by Gasteiger charge is -2.37. The molecule has 2 heterocycles. The molecule has 1 atom stereocenters. The number of hydrogen-bond acceptors (Lipinski definition) is 3. The van der Waals surface area contributed by atoms with Crippen LogP contribution in [0.25, 0.3) is 0 Å². The minimum absolute atomic E-state index is 0.586. The van der Waals surface area contributed by atoms with Crippen molar-refractivity contribution in [1.82, 2.24) is 14.5 Å². The third-order valence-corrected chi connectivity index (χ3v) is 5.87. The summed E-state index contributed by atoms with van der Waals surface area (Å²) in [5.74, 6) is 0. The molecular weight excluding hydrogens is 394 g/mol. The Balaban J connectivity index is 1.75. The molecule has 4 heteroatoms. The number of nitrogens with zero attached hydrogens (tertiary/aromatic N) is 3. The zero-order chi connectivity index (χ0) is 21.8. The highest BCUT2D eigenvalue weighted by molar-refractivity contribution is 5.50. The van der Waals surface area contributed by atoms with E-state index >= 15 is 0 Å². The van der Waals surface area contributed by atoms with Crippen LogP contribution in [0.3, 0.4) is 0 Å². The van der Waals surface area contributed by atoms with Crippen LogP contribution in [0, 0.1) is 0 Å². The number of pyridine rings is 1. The van der Waals surface area contributed by atoms with Gasteiger partial charge >= 0.3 is 0 Å². The van der Waals surface area contributed by atoms with E-state index in [-0.39, 0.29) is 0 Å². The summed E-state index contributed by atoms with van der Waals surface area (Å²) in [6.45, 7) is 0. The number of aliphatic hydroxyl groups excluding tert-OH is 1. The van der Waals surface area contributed by atoms with E-state index in [1.165, 1.54) is 0 Å². The van der Waals surface area contributed by atoms with E-state index in [1.807, 2.05) is 42.9 Å². The fraction of sp³-hybridized carbons (Fsp3) is 0.0714. The van der Waals surface area contributed by atoms with Gasteiger partial charge in [-0.05, 0) is 34.4 Å². The molecule has 4 nitrogen and oxygen atoms in total. The minimum Gasteiger partial charge on any atom is -0.382 e. The largest absolute Gasteiger partial charge is 0.382 e. The second kappa shape index (κ2) is 8.61. The van der Waals surface area contributed by atoms with Gasteiger partial charge in [0.2, 0.25) is 0 Å². The molecule has 156 valence electrons. The first-order valence-electron chi connectivity index (χ1n) is 10.6. The van der Waals surface area contributed by atoms with Gasteiger partial charge in [0.05, 0.1) is 12.0 Å². The van der Waals surface area contributed by atoms with E-state index in [0.717, 1.165) is 22.3 Å². The quantitative estimate of drug-likeness (QED) is 0.386. The maximum atomic E-state index is 11.0. The summed E-state index contributed by atoms with van der Waals surface area (Å²) in [6.07, 6.45) is 6.28. The maximum Gasteiger partial charge on any atom is 0.123 e. The van der Waals surface area contributed by atoms with Gasteiger partial charge in [-0.25, -0.2) is 4.98 Å².